The Bertz CT molecular complexity index is 1850. The van der Waals surface area contributed by atoms with Crippen molar-refractivity contribution in [3.05, 3.63) is 144 Å². The number of para-hydroxylation sites is 1. The standard InChI is InChI=1S/C39H39N5O6/c1-49-38(46)43-35(34(27-14-5-2-6-15-27)28-16-7-3-8-17-28)37(45)42-31-20-12-11-13-26(31)21-22-30-24-44(39(47)48)33(25-50-30)32-23-40-36(41-32)29-18-9-4-10-19-29/h2-20,23,30,33-35H,21-22,24-25H2,1H3,(H,40,41)(H,42,45)(H,43,46)(H,47,48)/t30-,33+,35+/m1/s1. The summed E-state index contributed by atoms with van der Waals surface area (Å²) in [6.07, 6.45) is 0.560. The normalized spacial score (nSPS) is 16.4. The summed E-state index contributed by atoms with van der Waals surface area (Å²) in [6, 6.07) is 34.6. The van der Waals surface area contributed by atoms with Gasteiger partial charge < -0.3 is 30.2 Å². The smallest absolute Gasteiger partial charge is 0.408 e. The van der Waals surface area contributed by atoms with Gasteiger partial charge in [0.25, 0.3) is 0 Å². The molecule has 0 bridgehead atoms. The van der Waals surface area contributed by atoms with Gasteiger partial charge >= 0.3 is 12.2 Å². The van der Waals surface area contributed by atoms with Gasteiger partial charge in [-0.2, -0.15) is 0 Å². The van der Waals surface area contributed by atoms with Gasteiger partial charge in [0.2, 0.25) is 5.91 Å². The lowest BCUT2D eigenvalue weighted by Gasteiger charge is -2.37. The lowest BCUT2D eigenvalue weighted by molar-refractivity contribution is -0.118. The molecule has 1 saturated heterocycles. The van der Waals surface area contributed by atoms with Crippen molar-refractivity contribution in [1.29, 1.82) is 0 Å². The number of alkyl carbamates (subject to hydrolysis) is 1. The van der Waals surface area contributed by atoms with Gasteiger partial charge in [-0.05, 0) is 35.6 Å². The highest BCUT2D eigenvalue weighted by Gasteiger charge is 2.35. The number of hydrogen-bond donors (Lipinski definition) is 4. The summed E-state index contributed by atoms with van der Waals surface area (Å²) < 4.78 is 11.1. The average molecular weight is 674 g/mol. The van der Waals surface area contributed by atoms with Crippen LogP contribution in [0.4, 0.5) is 15.3 Å². The van der Waals surface area contributed by atoms with E-state index < -0.39 is 36.1 Å². The fraction of sp³-hybridized carbons (Fsp3) is 0.231. The molecule has 4 aromatic carbocycles. The van der Waals surface area contributed by atoms with Gasteiger partial charge in [0.05, 0.1) is 38.3 Å². The molecule has 3 amide bonds. The molecular formula is C39H39N5O6. The maximum absolute atomic E-state index is 14.1. The number of ether oxygens (including phenoxy) is 2. The molecule has 4 N–H and O–H groups in total. The molecule has 0 unspecified atom stereocenters. The minimum absolute atomic E-state index is 0.174. The van der Waals surface area contributed by atoms with Crippen LogP contribution in [0.5, 0.6) is 0 Å². The maximum atomic E-state index is 14.1. The largest absolute Gasteiger partial charge is 0.465 e. The van der Waals surface area contributed by atoms with E-state index in [1.54, 1.807) is 6.20 Å². The molecule has 3 atom stereocenters. The first kappa shape index (κ1) is 33.9. The van der Waals surface area contributed by atoms with Crippen molar-refractivity contribution in [1.82, 2.24) is 20.2 Å². The fourth-order valence-electron chi connectivity index (χ4n) is 6.38. The molecule has 2 heterocycles. The van der Waals surface area contributed by atoms with E-state index in [-0.39, 0.29) is 19.3 Å². The van der Waals surface area contributed by atoms with Gasteiger partial charge in [0.15, 0.2) is 0 Å². The topological polar surface area (TPSA) is 146 Å². The zero-order valence-corrected chi connectivity index (χ0v) is 27.6. The van der Waals surface area contributed by atoms with Crippen LogP contribution in [-0.2, 0) is 20.7 Å². The number of carboxylic acid groups (broad SMARTS) is 1. The molecule has 256 valence electrons. The number of rotatable bonds is 11. The lowest BCUT2D eigenvalue weighted by Crippen LogP contribution is -2.48. The van der Waals surface area contributed by atoms with Crippen LogP contribution < -0.4 is 10.6 Å². The number of aryl methyl sites for hydroxylation is 1. The Balaban J connectivity index is 1.16. The van der Waals surface area contributed by atoms with Crippen LogP contribution >= 0.6 is 0 Å². The van der Waals surface area contributed by atoms with Crippen LogP contribution in [0.3, 0.4) is 0 Å². The van der Waals surface area contributed by atoms with Gasteiger partial charge in [-0.25, -0.2) is 14.6 Å². The van der Waals surface area contributed by atoms with Crippen molar-refractivity contribution in [2.75, 3.05) is 25.6 Å². The Kier molecular flexibility index (Phi) is 10.8. The van der Waals surface area contributed by atoms with Crippen molar-refractivity contribution in [2.45, 2.75) is 36.9 Å². The number of imidazole rings is 1. The summed E-state index contributed by atoms with van der Waals surface area (Å²) >= 11 is 0. The number of amides is 3. The van der Waals surface area contributed by atoms with Gasteiger partial charge in [-0.15, -0.1) is 0 Å². The molecule has 1 aliphatic rings. The molecule has 0 aliphatic carbocycles. The number of aromatic amines is 1. The third-order valence-electron chi connectivity index (χ3n) is 8.92. The zero-order valence-electron chi connectivity index (χ0n) is 27.6. The zero-order chi connectivity index (χ0) is 34.9. The summed E-state index contributed by atoms with van der Waals surface area (Å²) in [6.45, 7) is 0.349. The maximum Gasteiger partial charge on any atom is 0.408 e. The van der Waals surface area contributed by atoms with Crippen LogP contribution in [0.1, 0.15) is 40.8 Å². The number of morpholine rings is 1. The quantitative estimate of drug-likeness (QED) is 0.123. The van der Waals surface area contributed by atoms with Crippen LogP contribution in [0.2, 0.25) is 0 Å². The minimum atomic E-state index is -1.04. The van der Waals surface area contributed by atoms with Crippen LogP contribution in [0.25, 0.3) is 11.4 Å². The number of H-pyrrole nitrogens is 1. The second-order valence-corrected chi connectivity index (χ2v) is 12.1. The number of benzene rings is 4. The van der Waals surface area contributed by atoms with E-state index >= 15 is 0 Å². The number of carbonyl (C=O) groups excluding carboxylic acids is 2. The van der Waals surface area contributed by atoms with E-state index in [2.05, 4.69) is 20.6 Å². The Morgan fingerprint density at radius 1 is 0.920 bits per heavy atom. The summed E-state index contributed by atoms with van der Waals surface area (Å²) in [5.74, 6) is -0.258. The number of hydrogen-bond acceptors (Lipinski definition) is 6. The van der Waals surface area contributed by atoms with E-state index in [0.29, 0.717) is 30.0 Å². The molecule has 1 aliphatic heterocycles. The molecule has 5 aromatic rings. The first-order valence-corrected chi connectivity index (χ1v) is 16.5. The number of carbonyl (C=O) groups is 3. The van der Waals surface area contributed by atoms with Gasteiger partial charge in [0, 0.05) is 17.2 Å². The van der Waals surface area contributed by atoms with E-state index in [9.17, 15) is 19.5 Å². The Hall–Kier alpha value is -5.94. The van der Waals surface area contributed by atoms with Gasteiger partial charge in [0.1, 0.15) is 17.9 Å². The highest BCUT2D eigenvalue weighted by molar-refractivity contribution is 5.98. The van der Waals surface area contributed by atoms with Crippen LogP contribution in [0, 0.1) is 0 Å². The molecule has 1 aromatic heterocycles. The van der Waals surface area contributed by atoms with Crippen molar-refractivity contribution in [2.24, 2.45) is 0 Å². The molecule has 50 heavy (non-hydrogen) atoms. The molecule has 11 heteroatoms. The Labute approximate surface area is 290 Å². The van der Waals surface area contributed by atoms with Crippen molar-refractivity contribution in [3.63, 3.8) is 0 Å². The monoisotopic (exact) mass is 673 g/mol. The summed E-state index contributed by atoms with van der Waals surface area (Å²) in [5, 5.41) is 16.0. The molecule has 0 radical (unpaired) electrons. The Morgan fingerprint density at radius 2 is 1.54 bits per heavy atom. The second-order valence-electron chi connectivity index (χ2n) is 12.1. The summed E-state index contributed by atoms with van der Waals surface area (Å²) in [7, 11) is 1.26. The predicted octanol–water partition coefficient (Wildman–Crippen LogP) is 6.62. The van der Waals surface area contributed by atoms with Crippen LogP contribution in [-0.4, -0.2) is 70.5 Å². The lowest BCUT2D eigenvalue weighted by atomic mass is 9.84. The highest BCUT2D eigenvalue weighted by atomic mass is 16.5. The Morgan fingerprint density at radius 3 is 2.18 bits per heavy atom. The van der Waals surface area contributed by atoms with Crippen LogP contribution in [0.15, 0.2) is 121 Å². The predicted molar refractivity (Wildman–Crippen MR) is 189 cm³/mol. The molecule has 11 nitrogen and oxygen atoms in total. The first-order chi connectivity index (χ1) is 24.4. The number of anilines is 1. The van der Waals surface area contributed by atoms with E-state index in [1.807, 2.05) is 115 Å². The summed E-state index contributed by atoms with van der Waals surface area (Å²) in [5.41, 5.74) is 4.71. The molecule has 1 fully saturated rings. The number of methoxy groups -OCH3 is 1. The van der Waals surface area contributed by atoms with Crippen molar-refractivity contribution >= 4 is 23.8 Å². The molecule has 6 rings (SSSR count). The van der Waals surface area contributed by atoms with E-state index in [0.717, 1.165) is 22.3 Å². The third kappa shape index (κ3) is 8.01. The molecular weight excluding hydrogens is 634 g/mol. The van der Waals surface area contributed by atoms with E-state index in [4.69, 9.17) is 9.47 Å². The van der Waals surface area contributed by atoms with Gasteiger partial charge in [-0.3, -0.25) is 9.69 Å². The van der Waals surface area contributed by atoms with Gasteiger partial charge in [-0.1, -0.05) is 109 Å². The average Bonchev–Trinajstić information content (AvgIpc) is 3.65. The highest BCUT2D eigenvalue weighted by Crippen LogP contribution is 2.31. The van der Waals surface area contributed by atoms with E-state index in [1.165, 1.54) is 12.0 Å². The third-order valence-corrected chi connectivity index (χ3v) is 8.92. The molecule has 0 saturated carbocycles. The second kappa shape index (κ2) is 16.0. The van der Waals surface area contributed by atoms with Crippen molar-refractivity contribution in [3.8, 4) is 11.4 Å². The number of aromatic nitrogens is 2. The number of nitrogens with zero attached hydrogens (tertiary/aromatic N) is 2. The van der Waals surface area contributed by atoms with Crippen molar-refractivity contribution < 1.29 is 29.0 Å². The molecule has 0 spiro atoms. The SMILES string of the molecule is COC(=O)N[C@H](C(=O)Nc1ccccc1CC[C@@H]1CN(C(=O)O)[C@H](c2cnc(-c3ccccc3)[nH]2)CO1)C(c1ccccc1)c1ccccc1. The summed E-state index contributed by atoms with van der Waals surface area (Å²) in [4.78, 5) is 48.2. The fourth-order valence-corrected chi connectivity index (χ4v) is 6.38. The number of nitrogens with one attached hydrogen (secondary N) is 3. The minimum Gasteiger partial charge on any atom is -0.465 e. The first-order valence-electron chi connectivity index (χ1n) is 16.5.